The molecule has 0 unspecified atom stereocenters. The van der Waals surface area contributed by atoms with Crippen LogP contribution in [-0.4, -0.2) is 38.9 Å². The summed E-state index contributed by atoms with van der Waals surface area (Å²) in [6.45, 7) is 0.262. The molecule has 0 fully saturated rings. The number of ether oxygens (including phenoxy) is 2. The van der Waals surface area contributed by atoms with Crippen LogP contribution < -0.4 is 14.8 Å². The molecule has 4 aromatic rings. The fraction of sp³-hybridized carbons (Fsp3) is 0.211. The molecule has 9 heteroatoms. The van der Waals surface area contributed by atoms with Crippen LogP contribution in [0.4, 0.5) is 5.95 Å². The lowest BCUT2D eigenvalue weighted by Crippen LogP contribution is -2.09. The number of nitrogens with zero attached hydrogens (tertiary/aromatic N) is 4. The second-order valence-corrected chi connectivity index (χ2v) is 5.95. The maximum atomic E-state index is 9.53. The average Bonchev–Trinajstić information content (AvgIpc) is 3.41. The maximum Gasteiger partial charge on any atom is 0.226 e. The van der Waals surface area contributed by atoms with Gasteiger partial charge in [-0.2, -0.15) is 4.52 Å². The summed E-state index contributed by atoms with van der Waals surface area (Å²) < 4.78 is 17.6. The number of aliphatic hydroxyl groups is 1. The third-order valence-corrected chi connectivity index (χ3v) is 4.18. The minimum Gasteiger partial charge on any atom is -0.493 e. The van der Waals surface area contributed by atoms with Crippen molar-refractivity contribution in [2.75, 3.05) is 19.5 Å². The Hall–Kier alpha value is -3.59. The Labute approximate surface area is 160 Å². The summed E-state index contributed by atoms with van der Waals surface area (Å²) in [5.74, 6) is 2.76. The fourth-order valence-electron chi connectivity index (χ4n) is 2.82. The molecule has 0 aliphatic rings. The van der Waals surface area contributed by atoms with E-state index in [1.54, 1.807) is 43.2 Å². The largest absolute Gasteiger partial charge is 0.493 e. The second kappa shape index (κ2) is 7.57. The van der Waals surface area contributed by atoms with E-state index in [-0.39, 0.29) is 6.61 Å². The molecule has 144 valence electrons. The first kappa shape index (κ1) is 17.8. The second-order valence-electron chi connectivity index (χ2n) is 5.95. The molecule has 0 saturated carbocycles. The number of methoxy groups -OCH3 is 2. The summed E-state index contributed by atoms with van der Waals surface area (Å²) in [6.07, 6.45) is 1.56. The fourth-order valence-corrected chi connectivity index (χ4v) is 2.82. The first-order chi connectivity index (χ1) is 13.7. The van der Waals surface area contributed by atoms with Crippen LogP contribution in [0.5, 0.6) is 11.5 Å². The lowest BCUT2D eigenvalue weighted by Gasteiger charge is -2.11. The third-order valence-electron chi connectivity index (χ3n) is 4.18. The Morgan fingerprint density at radius 1 is 1.11 bits per heavy atom. The number of aromatic nitrogens is 4. The van der Waals surface area contributed by atoms with Gasteiger partial charge in [0.15, 0.2) is 22.9 Å². The predicted octanol–water partition coefficient (Wildman–Crippen LogP) is 2.51. The van der Waals surface area contributed by atoms with Gasteiger partial charge in [0.2, 0.25) is 11.8 Å². The Bertz CT molecular complexity index is 1090. The van der Waals surface area contributed by atoms with Crippen molar-refractivity contribution >= 4 is 11.6 Å². The Balaban J connectivity index is 1.66. The van der Waals surface area contributed by atoms with Crippen LogP contribution in [0.15, 0.2) is 47.1 Å². The molecule has 4 rings (SSSR count). The van der Waals surface area contributed by atoms with E-state index in [2.05, 4.69) is 20.4 Å². The van der Waals surface area contributed by atoms with Crippen molar-refractivity contribution in [3.8, 4) is 23.1 Å². The van der Waals surface area contributed by atoms with Crippen LogP contribution in [0.25, 0.3) is 17.2 Å². The van der Waals surface area contributed by atoms with Gasteiger partial charge in [-0.1, -0.05) is 6.07 Å². The zero-order valence-corrected chi connectivity index (χ0v) is 15.4. The molecule has 0 amide bonds. The van der Waals surface area contributed by atoms with Crippen LogP contribution in [0.1, 0.15) is 11.3 Å². The minimum absolute atomic E-state index is 0.204. The summed E-state index contributed by atoms with van der Waals surface area (Å²) in [4.78, 5) is 8.88. The molecule has 3 aromatic heterocycles. The van der Waals surface area contributed by atoms with Gasteiger partial charge in [-0.25, -0.2) is 9.97 Å². The average molecular weight is 381 g/mol. The van der Waals surface area contributed by atoms with E-state index in [1.807, 2.05) is 18.2 Å². The summed E-state index contributed by atoms with van der Waals surface area (Å²) >= 11 is 0. The molecule has 9 nitrogen and oxygen atoms in total. The highest BCUT2D eigenvalue weighted by molar-refractivity contribution is 5.55. The first-order valence-electron chi connectivity index (χ1n) is 8.58. The van der Waals surface area contributed by atoms with Gasteiger partial charge in [0.05, 0.1) is 32.8 Å². The van der Waals surface area contributed by atoms with Gasteiger partial charge in [0.1, 0.15) is 0 Å². The van der Waals surface area contributed by atoms with Crippen molar-refractivity contribution in [3.63, 3.8) is 0 Å². The third kappa shape index (κ3) is 3.35. The normalized spacial score (nSPS) is 11.0. The number of hydrogen-bond donors (Lipinski definition) is 2. The minimum atomic E-state index is -0.204. The van der Waals surface area contributed by atoms with Gasteiger partial charge in [-0.3, -0.25) is 0 Å². The maximum absolute atomic E-state index is 9.53. The number of benzene rings is 1. The van der Waals surface area contributed by atoms with Crippen LogP contribution >= 0.6 is 0 Å². The van der Waals surface area contributed by atoms with Crippen molar-refractivity contribution < 1.29 is 19.0 Å². The highest BCUT2D eigenvalue weighted by Crippen LogP contribution is 2.28. The monoisotopic (exact) mass is 381 g/mol. The Morgan fingerprint density at radius 3 is 2.68 bits per heavy atom. The molecule has 0 aliphatic carbocycles. The van der Waals surface area contributed by atoms with Crippen LogP contribution in [0.2, 0.25) is 0 Å². The van der Waals surface area contributed by atoms with E-state index < -0.39 is 0 Å². The predicted molar refractivity (Wildman–Crippen MR) is 101 cm³/mol. The molecular formula is C19H19N5O4. The van der Waals surface area contributed by atoms with Crippen molar-refractivity contribution in [1.82, 2.24) is 19.6 Å². The number of nitrogens with one attached hydrogen (secondary N) is 1. The SMILES string of the molecule is COc1ccc(CNc2nc(CO)cc3nc(-c4ccco4)nn23)cc1OC. The van der Waals surface area contributed by atoms with Gasteiger partial charge in [0, 0.05) is 12.6 Å². The van der Waals surface area contributed by atoms with Crippen molar-refractivity contribution in [2.45, 2.75) is 13.2 Å². The van der Waals surface area contributed by atoms with E-state index in [1.165, 1.54) is 0 Å². The van der Waals surface area contributed by atoms with Gasteiger partial charge in [-0.15, -0.1) is 5.10 Å². The zero-order chi connectivity index (χ0) is 19.5. The number of fused-ring (bicyclic) bond motifs is 1. The lowest BCUT2D eigenvalue weighted by molar-refractivity contribution is 0.277. The first-order valence-corrected chi connectivity index (χ1v) is 8.58. The topological polar surface area (TPSA) is 107 Å². The van der Waals surface area contributed by atoms with Gasteiger partial charge < -0.3 is 24.3 Å². The lowest BCUT2D eigenvalue weighted by atomic mass is 10.2. The number of rotatable bonds is 7. The van der Waals surface area contributed by atoms with E-state index in [0.717, 1.165) is 5.56 Å². The standard InChI is InChI=1S/C19H19N5O4/c1-26-14-6-5-12(8-16(14)27-2)10-20-19-21-13(11-25)9-17-22-18(23-24(17)19)15-4-3-7-28-15/h3-9,25H,10-11H2,1-2H3,(H,20,21). The van der Waals surface area contributed by atoms with E-state index >= 15 is 0 Å². The Kier molecular flexibility index (Phi) is 4.81. The molecule has 28 heavy (non-hydrogen) atoms. The number of furan rings is 1. The number of hydrogen-bond acceptors (Lipinski definition) is 8. The number of aliphatic hydroxyl groups excluding tert-OH is 1. The van der Waals surface area contributed by atoms with Crippen LogP contribution in [0, 0.1) is 0 Å². The van der Waals surface area contributed by atoms with Gasteiger partial charge in [-0.05, 0) is 29.8 Å². The molecular weight excluding hydrogens is 362 g/mol. The molecule has 0 atom stereocenters. The van der Waals surface area contributed by atoms with Crippen molar-refractivity contribution in [3.05, 3.63) is 53.9 Å². The van der Waals surface area contributed by atoms with Crippen LogP contribution in [0.3, 0.4) is 0 Å². The van der Waals surface area contributed by atoms with Gasteiger partial charge in [0.25, 0.3) is 0 Å². The van der Waals surface area contributed by atoms with Crippen molar-refractivity contribution in [2.24, 2.45) is 0 Å². The molecule has 0 aliphatic heterocycles. The quantitative estimate of drug-likeness (QED) is 0.503. The summed E-state index contributed by atoms with van der Waals surface area (Å²) in [6, 6.07) is 10.9. The van der Waals surface area contributed by atoms with E-state index in [0.29, 0.717) is 46.9 Å². The van der Waals surface area contributed by atoms with Crippen LogP contribution in [-0.2, 0) is 13.2 Å². The molecule has 0 saturated heterocycles. The highest BCUT2D eigenvalue weighted by Gasteiger charge is 2.14. The zero-order valence-electron chi connectivity index (χ0n) is 15.4. The number of anilines is 1. The summed E-state index contributed by atoms with van der Waals surface area (Å²) in [5.41, 5.74) is 2.01. The molecule has 1 aromatic carbocycles. The molecule has 2 N–H and O–H groups in total. The van der Waals surface area contributed by atoms with Gasteiger partial charge >= 0.3 is 0 Å². The molecule has 0 radical (unpaired) electrons. The molecule has 3 heterocycles. The van der Waals surface area contributed by atoms with Crippen molar-refractivity contribution in [1.29, 1.82) is 0 Å². The molecule has 0 bridgehead atoms. The summed E-state index contributed by atoms with van der Waals surface area (Å²) in [5, 5.41) is 17.2. The Morgan fingerprint density at radius 2 is 1.96 bits per heavy atom. The van der Waals surface area contributed by atoms with E-state index in [4.69, 9.17) is 13.9 Å². The molecule has 0 spiro atoms. The van der Waals surface area contributed by atoms with E-state index in [9.17, 15) is 5.11 Å². The summed E-state index contributed by atoms with van der Waals surface area (Å²) in [7, 11) is 3.19. The smallest absolute Gasteiger partial charge is 0.226 e. The highest BCUT2D eigenvalue weighted by atomic mass is 16.5.